The van der Waals surface area contributed by atoms with Gasteiger partial charge in [-0.2, -0.15) is 0 Å². The van der Waals surface area contributed by atoms with Crippen molar-refractivity contribution in [1.29, 1.82) is 0 Å². The fourth-order valence-electron chi connectivity index (χ4n) is 1.64. The molecule has 0 aliphatic heterocycles. The predicted octanol–water partition coefficient (Wildman–Crippen LogP) is 1.92. The van der Waals surface area contributed by atoms with Crippen LogP contribution in [0.2, 0.25) is 10.0 Å². The quantitative estimate of drug-likeness (QED) is 0.853. The number of aliphatic hydroxyl groups excluding tert-OH is 1. The van der Waals surface area contributed by atoms with E-state index < -0.39 is 0 Å². The van der Waals surface area contributed by atoms with Crippen LogP contribution < -0.4 is 5.73 Å². The lowest BCUT2D eigenvalue weighted by Crippen LogP contribution is -2.32. The van der Waals surface area contributed by atoms with Crippen LogP contribution in [-0.2, 0) is 0 Å². The number of benzene rings is 1. The Morgan fingerprint density at radius 2 is 2.12 bits per heavy atom. The summed E-state index contributed by atoms with van der Waals surface area (Å²) in [6, 6.07) is 5.46. The van der Waals surface area contributed by atoms with Gasteiger partial charge in [-0.3, -0.25) is 4.90 Å². The molecule has 1 aromatic rings. The maximum atomic E-state index is 8.91. The zero-order valence-corrected chi connectivity index (χ0v) is 10.7. The van der Waals surface area contributed by atoms with E-state index in [4.69, 9.17) is 34.0 Å². The highest BCUT2D eigenvalue weighted by Gasteiger charge is 2.18. The molecule has 3 N–H and O–H groups in total. The first-order valence-corrected chi connectivity index (χ1v) is 5.82. The molecule has 16 heavy (non-hydrogen) atoms. The van der Waals surface area contributed by atoms with Crippen molar-refractivity contribution >= 4 is 23.2 Å². The Morgan fingerprint density at radius 3 is 2.69 bits per heavy atom. The van der Waals surface area contributed by atoms with Crippen molar-refractivity contribution in [3.8, 4) is 0 Å². The first-order valence-electron chi connectivity index (χ1n) is 5.07. The number of rotatable bonds is 5. The Labute approximate surface area is 106 Å². The average molecular weight is 263 g/mol. The van der Waals surface area contributed by atoms with Crippen molar-refractivity contribution in [2.45, 2.75) is 6.04 Å². The lowest BCUT2D eigenvalue weighted by molar-refractivity contribution is 0.183. The third-order valence-corrected chi connectivity index (χ3v) is 3.38. The molecule has 0 fully saturated rings. The molecule has 0 radical (unpaired) electrons. The van der Waals surface area contributed by atoms with Crippen LogP contribution in [0.3, 0.4) is 0 Å². The molecule has 0 bridgehead atoms. The minimum Gasteiger partial charge on any atom is -0.395 e. The van der Waals surface area contributed by atoms with Gasteiger partial charge in [0, 0.05) is 19.1 Å². The van der Waals surface area contributed by atoms with Crippen molar-refractivity contribution in [3.05, 3.63) is 33.8 Å². The smallest absolute Gasteiger partial charge is 0.0640 e. The second-order valence-corrected chi connectivity index (χ2v) is 4.38. The molecule has 0 aliphatic carbocycles. The van der Waals surface area contributed by atoms with Gasteiger partial charge in [0.15, 0.2) is 0 Å². The lowest BCUT2D eigenvalue weighted by atomic mass is 10.1. The van der Waals surface area contributed by atoms with Crippen LogP contribution in [0.15, 0.2) is 18.2 Å². The Hall–Kier alpha value is -0.320. The van der Waals surface area contributed by atoms with Gasteiger partial charge in [-0.25, -0.2) is 0 Å². The van der Waals surface area contributed by atoms with Gasteiger partial charge in [-0.05, 0) is 18.7 Å². The van der Waals surface area contributed by atoms with E-state index in [1.165, 1.54) is 0 Å². The molecular formula is C11H16Cl2N2O. The third-order valence-electron chi connectivity index (χ3n) is 2.55. The van der Waals surface area contributed by atoms with E-state index in [2.05, 4.69) is 0 Å². The average Bonchev–Trinajstić information content (AvgIpc) is 2.25. The standard InChI is InChI=1S/C11H16Cl2N2O/c1-15(5-6-16)10(7-14)8-3-2-4-9(12)11(8)13/h2-4,10,16H,5-7,14H2,1H3. The summed E-state index contributed by atoms with van der Waals surface area (Å²) in [6.07, 6.45) is 0. The first kappa shape index (κ1) is 13.7. The molecule has 0 saturated heterocycles. The van der Waals surface area contributed by atoms with Crippen molar-refractivity contribution in [2.75, 3.05) is 26.7 Å². The van der Waals surface area contributed by atoms with E-state index in [-0.39, 0.29) is 12.6 Å². The summed E-state index contributed by atoms with van der Waals surface area (Å²) in [4.78, 5) is 1.96. The summed E-state index contributed by atoms with van der Waals surface area (Å²) >= 11 is 12.1. The summed E-state index contributed by atoms with van der Waals surface area (Å²) in [5.74, 6) is 0. The highest BCUT2D eigenvalue weighted by atomic mass is 35.5. The van der Waals surface area contributed by atoms with E-state index in [1.54, 1.807) is 6.07 Å². The van der Waals surface area contributed by atoms with Gasteiger partial charge >= 0.3 is 0 Å². The summed E-state index contributed by atoms with van der Waals surface area (Å²) in [5, 5.41) is 9.97. The number of hydrogen-bond donors (Lipinski definition) is 2. The fraction of sp³-hybridized carbons (Fsp3) is 0.455. The normalized spacial score (nSPS) is 13.1. The molecular weight excluding hydrogens is 247 g/mol. The SMILES string of the molecule is CN(CCO)C(CN)c1cccc(Cl)c1Cl. The predicted molar refractivity (Wildman–Crippen MR) is 68.0 cm³/mol. The number of nitrogens with two attached hydrogens (primary N) is 1. The van der Waals surface area contributed by atoms with E-state index in [0.717, 1.165) is 5.56 Å². The number of halogens is 2. The van der Waals surface area contributed by atoms with Gasteiger partial charge in [0.25, 0.3) is 0 Å². The van der Waals surface area contributed by atoms with Crippen molar-refractivity contribution in [3.63, 3.8) is 0 Å². The van der Waals surface area contributed by atoms with E-state index in [0.29, 0.717) is 23.1 Å². The minimum absolute atomic E-state index is 0.0293. The van der Waals surface area contributed by atoms with Crippen molar-refractivity contribution in [2.24, 2.45) is 5.73 Å². The molecule has 1 rings (SSSR count). The van der Waals surface area contributed by atoms with Gasteiger partial charge < -0.3 is 10.8 Å². The highest BCUT2D eigenvalue weighted by molar-refractivity contribution is 6.42. The van der Waals surface area contributed by atoms with Crippen LogP contribution in [0.25, 0.3) is 0 Å². The molecule has 0 aromatic heterocycles. The van der Waals surface area contributed by atoms with Crippen LogP contribution in [0, 0.1) is 0 Å². The van der Waals surface area contributed by atoms with Gasteiger partial charge in [0.05, 0.1) is 16.7 Å². The van der Waals surface area contributed by atoms with E-state index >= 15 is 0 Å². The number of aliphatic hydroxyl groups is 1. The van der Waals surface area contributed by atoms with Crippen LogP contribution >= 0.6 is 23.2 Å². The van der Waals surface area contributed by atoms with Gasteiger partial charge in [0.1, 0.15) is 0 Å². The molecule has 90 valence electrons. The van der Waals surface area contributed by atoms with Crippen LogP contribution in [-0.4, -0.2) is 36.8 Å². The molecule has 0 saturated carbocycles. The zero-order valence-electron chi connectivity index (χ0n) is 9.16. The molecule has 0 heterocycles. The van der Waals surface area contributed by atoms with Crippen molar-refractivity contribution in [1.82, 2.24) is 4.90 Å². The Kier molecular flexibility index (Phi) is 5.52. The number of likely N-dealkylation sites (N-methyl/N-ethyl adjacent to an activating group) is 1. The molecule has 1 aromatic carbocycles. The summed E-state index contributed by atoms with van der Waals surface area (Å²) in [7, 11) is 1.89. The molecule has 0 amide bonds. The van der Waals surface area contributed by atoms with Crippen molar-refractivity contribution < 1.29 is 5.11 Å². The Bertz CT molecular complexity index is 347. The van der Waals surface area contributed by atoms with Crippen LogP contribution in [0.5, 0.6) is 0 Å². The molecule has 1 unspecified atom stereocenters. The van der Waals surface area contributed by atoms with Gasteiger partial charge in [0.2, 0.25) is 0 Å². The molecule has 1 atom stereocenters. The Balaban J connectivity index is 2.99. The minimum atomic E-state index is -0.0293. The summed E-state index contributed by atoms with van der Waals surface area (Å²) in [6.45, 7) is 1.06. The lowest BCUT2D eigenvalue weighted by Gasteiger charge is -2.27. The summed E-state index contributed by atoms with van der Waals surface area (Å²) in [5.41, 5.74) is 6.63. The van der Waals surface area contributed by atoms with Crippen LogP contribution in [0.1, 0.15) is 11.6 Å². The van der Waals surface area contributed by atoms with E-state index in [1.807, 2.05) is 24.1 Å². The second kappa shape index (κ2) is 6.42. The molecule has 0 spiro atoms. The Morgan fingerprint density at radius 1 is 1.44 bits per heavy atom. The largest absolute Gasteiger partial charge is 0.395 e. The van der Waals surface area contributed by atoms with E-state index in [9.17, 15) is 0 Å². The second-order valence-electron chi connectivity index (χ2n) is 3.60. The van der Waals surface area contributed by atoms with Gasteiger partial charge in [-0.15, -0.1) is 0 Å². The monoisotopic (exact) mass is 262 g/mol. The highest BCUT2D eigenvalue weighted by Crippen LogP contribution is 2.31. The topological polar surface area (TPSA) is 49.5 Å². The van der Waals surface area contributed by atoms with Crippen LogP contribution in [0.4, 0.5) is 0 Å². The van der Waals surface area contributed by atoms with Gasteiger partial charge in [-0.1, -0.05) is 35.3 Å². The molecule has 5 heteroatoms. The fourth-order valence-corrected chi connectivity index (χ4v) is 2.07. The number of hydrogen-bond acceptors (Lipinski definition) is 3. The first-order chi connectivity index (χ1) is 7.61. The zero-order chi connectivity index (χ0) is 12.1. The molecule has 3 nitrogen and oxygen atoms in total. The summed E-state index contributed by atoms with van der Waals surface area (Å²) < 4.78 is 0. The third kappa shape index (κ3) is 3.09. The maximum absolute atomic E-state index is 8.91. The molecule has 0 aliphatic rings. The maximum Gasteiger partial charge on any atom is 0.0640 e. The number of nitrogens with zero attached hydrogens (tertiary/aromatic N) is 1.